The van der Waals surface area contributed by atoms with Crippen LogP contribution in [0.5, 0.6) is 0 Å². The van der Waals surface area contributed by atoms with E-state index in [9.17, 15) is 38.8 Å². The smallest absolute Gasteiger partial charge is 0.423 e. The summed E-state index contributed by atoms with van der Waals surface area (Å²) in [6, 6.07) is 12.7. The SMILES string of the molecule is Cc1cccc([C@H](CC(=O)ON2C(=O)CCC2=O)NC(=O)[C@@H](NC(=O)c2ccc3c(c2)B(O)OC3)[C@H](C)NC(=O)c2ccc3c(c2)B(O)OC3)c1. The Balaban J connectivity index is 1.25. The van der Waals surface area contributed by atoms with Crippen molar-refractivity contribution in [1.82, 2.24) is 21.0 Å². The van der Waals surface area contributed by atoms with Gasteiger partial charge in [-0.1, -0.05) is 42.0 Å². The normalized spacial score (nSPS) is 16.7. The summed E-state index contributed by atoms with van der Waals surface area (Å²) >= 11 is 0. The number of aryl methyl sites for hydroxylation is 1. The highest BCUT2D eigenvalue weighted by molar-refractivity contribution is 6.62. The zero-order chi connectivity index (χ0) is 36.4. The third-order valence-electron chi connectivity index (χ3n) is 8.90. The second-order valence-corrected chi connectivity index (χ2v) is 12.6. The second-order valence-electron chi connectivity index (χ2n) is 12.6. The van der Waals surface area contributed by atoms with Gasteiger partial charge in [0.05, 0.1) is 31.7 Å². The number of nitrogens with zero attached hydrogens (tertiary/aromatic N) is 1. The van der Waals surface area contributed by atoms with Crippen molar-refractivity contribution in [1.29, 1.82) is 0 Å². The number of nitrogens with one attached hydrogen (secondary N) is 3. The Bertz CT molecular complexity index is 1910. The van der Waals surface area contributed by atoms with Gasteiger partial charge in [0.2, 0.25) is 5.91 Å². The fraction of sp³-hybridized carbons (Fsp3) is 0.294. The number of hydrogen-bond acceptors (Lipinski definition) is 11. The topological polar surface area (TPSA) is 210 Å². The lowest BCUT2D eigenvalue weighted by molar-refractivity contribution is -0.197. The average Bonchev–Trinajstić information content (AvgIpc) is 3.78. The van der Waals surface area contributed by atoms with Gasteiger partial charge < -0.3 is 40.1 Å². The van der Waals surface area contributed by atoms with E-state index in [1.54, 1.807) is 36.4 Å². The van der Waals surface area contributed by atoms with Crippen LogP contribution in [-0.4, -0.2) is 76.9 Å². The molecule has 3 atom stereocenters. The van der Waals surface area contributed by atoms with Crippen LogP contribution in [0.1, 0.15) is 75.2 Å². The standard InChI is InChI=1S/C34H34B2N4O11/c1-18-4-3-5-20(12-18)27(15-30(43)51-40-28(41)10-11-29(40)42)38-34(46)31(39-33(45)22-7-9-24-17-50-36(48)26(24)14-22)19(2)37-32(44)21-6-8-23-16-49-35(47)25(23)13-21/h3-9,12-14,19,27,31,47-48H,10-11,15-17H2,1-2H3,(H,37,44)(H,38,46)(H,39,45)/t19-,27-,31-/m0/s1. The molecule has 0 saturated carbocycles. The molecule has 3 aliphatic rings. The fourth-order valence-corrected chi connectivity index (χ4v) is 6.09. The van der Waals surface area contributed by atoms with E-state index in [4.69, 9.17) is 14.1 Å². The summed E-state index contributed by atoms with van der Waals surface area (Å²) in [6.07, 6.45) is -0.674. The van der Waals surface area contributed by atoms with Crippen LogP contribution in [0.2, 0.25) is 0 Å². The van der Waals surface area contributed by atoms with Gasteiger partial charge in [-0.05, 0) is 65.7 Å². The van der Waals surface area contributed by atoms with Gasteiger partial charge in [-0.25, -0.2) is 4.79 Å². The van der Waals surface area contributed by atoms with Crippen LogP contribution in [0.15, 0.2) is 60.7 Å². The Morgan fingerprint density at radius 1 is 0.824 bits per heavy atom. The summed E-state index contributed by atoms with van der Waals surface area (Å²) in [4.78, 5) is 83.4. The first kappa shape index (κ1) is 35.5. The van der Waals surface area contributed by atoms with E-state index >= 15 is 0 Å². The second kappa shape index (κ2) is 14.9. The fourth-order valence-electron chi connectivity index (χ4n) is 6.09. The van der Waals surface area contributed by atoms with Gasteiger partial charge in [-0.2, -0.15) is 0 Å². The Hall–Kier alpha value is -5.35. The van der Waals surface area contributed by atoms with E-state index in [-0.39, 0.29) is 37.2 Å². The number of imide groups is 1. The Labute approximate surface area is 292 Å². The van der Waals surface area contributed by atoms with Gasteiger partial charge in [-0.15, -0.1) is 5.06 Å². The molecule has 3 aromatic carbocycles. The quantitative estimate of drug-likeness (QED) is 0.124. The highest BCUT2D eigenvalue weighted by Gasteiger charge is 2.36. The summed E-state index contributed by atoms with van der Waals surface area (Å²) in [5.41, 5.74) is 3.85. The first-order chi connectivity index (χ1) is 24.4. The van der Waals surface area contributed by atoms with E-state index in [0.717, 1.165) is 11.1 Å². The van der Waals surface area contributed by atoms with Gasteiger partial charge in [0, 0.05) is 24.0 Å². The largest absolute Gasteiger partial charge is 0.491 e. The molecule has 0 bridgehead atoms. The average molecular weight is 696 g/mol. The maximum atomic E-state index is 14.1. The molecule has 262 valence electrons. The minimum absolute atomic E-state index is 0.0921. The van der Waals surface area contributed by atoms with Crippen molar-refractivity contribution in [2.24, 2.45) is 0 Å². The molecule has 3 aliphatic heterocycles. The highest BCUT2D eigenvalue weighted by atomic mass is 16.7. The number of carbonyl (C=O) groups is 6. The van der Waals surface area contributed by atoms with Crippen LogP contribution >= 0.6 is 0 Å². The number of hydrogen-bond donors (Lipinski definition) is 5. The minimum Gasteiger partial charge on any atom is -0.423 e. The molecule has 6 rings (SSSR count). The molecule has 3 aromatic rings. The molecule has 1 saturated heterocycles. The molecule has 17 heteroatoms. The first-order valence-corrected chi connectivity index (χ1v) is 16.3. The highest BCUT2D eigenvalue weighted by Crippen LogP contribution is 2.22. The summed E-state index contributed by atoms with van der Waals surface area (Å²) in [5, 5.41) is 28.9. The summed E-state index contributed by atoms with van der Waals surface area (Å²) in [5.74, 6) is -4.37. The Morgan fingerprint density at radius 3 is 1.96 bits per heavy atom. The molecule has 0 spiro atoms. The summed E-state index contributed by atoms with van der Waals surface area (Å²) in [7, 11) is -2.41. The van der Waals surface area contributed by atoms with Crippen LogP contribution < -0.4 is 26.9 Å². The van der Waals surface area contributed by atoms with Crippen molar-refractivity contribution in [3.8, 4) is 0 Å². The molecule has 0 radical (unpaired) electrons. The van der Waals surface area contributed by atoms with Crippen molar-refractivity contribution < 1.29 is 53.0 Å². The van der Waals surface area contributed by atoms with Crippen molar-refractivity contribution >= 4 is 60.7 Å². The zero-order valence-corrected chi connectivity index (χ0v) is 27.7. The number of amides is 5. The third-order valence-corrected chi connectivity index (χ3v) is 8.90. The minimum atomic E-state index is -1.43. The molecule has 5 amide bonds. The molecule has 0 aliphatic carbocycles. The molecule has 0 unspecified atom stereocenters. The van der Waals surface area contributed by atoms with Crippen molar-refractivity contribution in [2.75, 3.05) is 0 Å². The molecular formula is C34H34B2N4O11. The van der Waals surface area contributed by atoms with Crippen LogP contribution in [0.25, 0.3) is 0 Å². The lowest BCUT2D eigenvalue weighted by atomic mass is 9.78. The Kier molecular flexibility index (Phi) is 10.3. The molecule has 15 nitrogen and oxygen atoms in total. The molecule has 51 heavy (non-hydrogen) atoms. The monoisotopic (exact) mass is 696 g/mol. The Morgan fingerprint density at radius 2 is 1.39 bits per heavy atom. The zero-order valence-electron chi connectivity index (χ0n) is 27.7. The van der Waals surface area contributed by atoms with Gasteiger partial charge in [-0.3, -0.25) is 24.0 Å². The first-order valence-electron chi connectivity index (χ1n) is 16.3. The predicted octanol–water partition coefficient (Wildman–Crippen LogP) is -0.798. The molecule has 0 aromatic heterocycles. The van der Waals surface area contributed by atoms with Gasteiger partial charge in [0.25, 0.3) is 23.6 Å². The van der Waals surface area contributed by atoms with Crippen LogP contribution in [0.3, 0.4) is 0 Å². The predicted molar refractivity (Wildman–Crippen MR) is 180 cm³/mol. The summed E-state index contributed by atoms with van der Waals surface area (Å²) in [6.45, 7) is 3.68. The van der Waals surface area contributed by atoms with Crippen LogP contribution in [0.4, 0.5) is 0 Å². The maximum absolute atomic E-state index is 14.1. The van der Waals surface area contributed by atoms with Gasteiger partial charge >= 0.3 is 20.2 Å². The number of benzene rings is 3. The molecule has 5 N–H and O–H groups in total. The lowest BCUT2D eigenvalue weighted by Gasteiger charge is -2.28. The molecule has 3 heterocycles. The third kappa shape index (κ3) is 7.86. The van der Waals surface area contributed by atoms with E-state index in [0.29, 0.717) is 27.1 Å². The van der Waals surface area contributed by atoms with E-state index in [2.05, 4.69) is 16.0 Å². The van der Waals surface area contributed by atoms with Crippen LogP contribution in [0, 0.1) is 6.92 Å². The van der Waals surface area contributed by atoms with Crippen molar-refractivity contribution in [3.63, 3.8) is 0 Å². The van der Waals surface area contributed by atoms with Crippen molar-refractivity contribution in [2.45, 2.75) is 64.4 Å². The van der Waals surface area contributed by atoms with Crippen LogP contribution in [-0.2, 0) is 46.5 Å². The van der Waals surface area contributed by atoms with E-state index < -0.39 is 74.3 Å². The maximum Gasteiger partial charge on any atom is 0.491 e. The van der Waals surface area contributed by atoms with Gasteiger partial charge in [0.15, 0.2) is 0 Å². The molecular weight excluding hydrogens is 662 g/mol. The van der Waals surface area contributed by atoms with E-state index in [1.165, 1.54) is 25.1 Å². The number of hydroxylamine groups is 2. The number of carbonyl (C=O) groups excluding carboxylic acids is 6. The number of fused-ring (bicyclic) bond motifs is 2. The lowest BCUT2D eigenvalue weighted by Crippen LogP contribution is -2.58. The van der Waals surface area contributed by atoms with E-state index in [1.807, 2.05) is 13.0 Å². The summed E-state index contributed by atoms with van der Waals surface area (Å²) < 4.78 is 10.4. The van der Waals surface area contributed by atoms with Crippen molar-refractivity contribution in [3.05, 3.63) is 94.0 Å². The van der Waals surface area contributed by atoms with Gasteiger partial charge in [0.1, 0.15) is 6.04 Å². The molecule has 1 fully saturated rings. The number of rotatable bonds is 11.